The first-order valence-corrected chi connectivity index (χ1v) is 8.58. The molecule has 1 N–H and O–H groups in total. The number of hydrogen-bond donors (Lipinski definition) is 1. The van der Waals surface area contributed by atoms with Gasteiger partial charge < -0.3 is 5.32 Å². The number of hydrogen-bond acceptors (Lipinski definition) is 3. The molecule has 126 valence electrons. The molecule has 0 atom stereocenters. The second-order valence-corrected chi connectivity index (χ2v) is 7.29. The van der Waals surface area contributed by atoms with E-state index >= 15 is 0 Å². The molecule has 9 heteroatoms. The number of alkyl halides is 3. The predicted octanol–water partition coefficient (Wildman–Crippen LogP) is 1.44. The average molecular weight is 331 g/mol. The Balaban J connectivity index is 2.48. The minimum atomic E-state index is -4.23. The van der Waals surface area contributed by atoms with Crippen LogP contribution in [0.3, 0.4) is 0 Å². The molecule has 1 aliphatic rings. The number of piperidine rings is 1. The molecule has 0 saturated carbocycles. The van der Waals surface area contributed by atoms with Crippen molar-refractivity contribution in [1.29, 1.82) is 0 Å². The molecule has 0 unspecified atom stereocenters. The lowest BCUT2D eigenvalue weighted by atomic mass is 9.98. The van der Waals surface area contributed by atoms with E-state index in [4.69, 9.17) is 0 Å². The lowest BCUT2D eigenvalue weighted by molar-refractivity contribution is -0.182. The summed E-state index contributed by atoms with van der Waals surface area (Å²) in [5, 5.41) is 3.10. The minimum Gasteiger partial charge on any atom is -0.317 e. The molecule has 0 aliphatic carbocycles. The van der Waals surface area contributed by atoms with Crippen molar-refractivity contribution in [2.24, 2.45) is 5.92 Å². The van der Waals surface area contributed by atoms with Gasteiger partial charge in [0.25, 0.3) is 10.2 Å². The third-order valence-electron chi connectivity index (χ3n) is 3.71. The Morgan fingerprint density at radius 3 is 2.33 bits per heavy atom. The maximum Gasteiger partial charge on any atom is 0.391 e. The summed E-state index contributed by atoms with van der Waals surface area (Å²) < 4.78 is 64.6. The SMILES string of the molecule is CCNCCCN(C)S(=O)(=O)N1CCC(C(F)(F)F)CC1. The Labute approximate surface area is 124 Å². The van der Waals surface area contributed by atoms with E-state index in [0.29, 0.717) is 19.5 Å². The van der Waals surface area contributed by atoms with Crippen LogP contribution >= 0.6 is 0 Å². The summed E-state index contributed by atoms with van der Waals surface area (Å²) in [5.41, 5.74) is 0. The van der Waals surface area contributed by atoms with Gasteiger partial charge in [0.05, 0.1) is 5.92 Å². The molecule has 0 aromatic carbocycles. The van der Waals surface area contributed by atoms with Gasteiger partial charge in [-0.1, -0.05) is 6.92 Å². The highest BCUT2D eigenvalue weighted by Crippen LogP contribution is 2.34. The van der Waals surface area contributed by atoms with Crippen molar-refractivity contribution in [3.63, 3.8) is 0 Å². The maximum absolute atomic E-state index is 12.6. The van der Waals surface area contributed by atoms with Crippen molar-refractivity contribution >= 4 is 10.2 Å². The molecule has 0 spiro atoms. The van der Waals surface area contributed by atoms with E-state index in [-0.39, 0.29) is 25.9 Å². The fraction of sp³-hybridized carbons (Fsp3) is 1.00. The van der Waals surface area contributed by atoms with E-state index in [2.05, 4.69) is 5.32 Å². The molecule has 1 saturated heterocycles. The first-order chi connectivity index (χ1) is 9.69. The van der Waals surface area contributed by atoms with Gasteiger partial charge in [-0.25, -0.2) is 0 Å². The Hall–Kier alpha value is -0.380. The fourth-order valence-corrected chi connectivity index (χ4v) is 3.76. The zero-order chi connectivity index (χ0) is 16.1. The molecule has 1 aliphatic heterocycles. The zero-order valence-electron chi connectivity index (χ0n) is 12.5. The molecule has 0 aromatic rings. The highest BCUT2D eigenvalue weighted by molar-refractivity contribution is 7.86. The maximum atomic E-state index is 12.6. The van der Waals surface area contributed by atoms with Crippen molar-refractivity contribution in [2.75, 3.05) is 39.8 Å². The topological polar surface area (TPSA) is 52.7 Å². The van der Waals surface area contributed by atoms with E-state index in [1.807, 2.05) is 6.92 Å². The summed E-state index contributed by atoms with van der Waals surface area (Å²) in [5.74, 6) is -1.39. The van der Waals surface area contributed by atoms with E-state index in [1.54, 1.807) is 0 Å². The third kappa shape index (κ3) is 5.39. The smallest absolute Gasteiger partial charge is 0.317 e. The van der Waals surface area contributed by atoms with Crippen molar-refractivity contribution in [3.05, 3.63) is 0 Å². The molecular weight excluding hydrogens is 307 g/mol. The van der Waals surface area contributed by atoms with E-state index in [1.165, 1.54) is 11.4 Å². The molecule has 1 heterocycles. The number of rotatable bonds is 7. The summed E-state index contributed by atoms with van der Waals surface area (Å²) in [6.07, 6.45) is -3.88. The summed E-state index contributed by atoms with van der Waals surface area (Å²) in [6.45, 7) is 3.72. The molecule has 0 aromatic heterocycles. The van der Waals surface area contributed by atoms with Gasteiger partial charge in [0.2, 0.25) is 0 Å². The van der Waals surface area contributed by atoms with Gasteiger partial charge in [-0.15, -0.1) is 0 Å². The predicted molar refractivity (Wildman–Crippen MR) is 75.1 cm³/mol. The van der Waals surface area contributed by atoms with Gasteiger partial charge in [-0.3, -0.25) is 0 Å². The second kappa shape index (κ2) is 7.75. The van der Waals surface area contributed by atoms with Crippen LogP contribution in [0.25, 0.3) is 0 Å². The highest BCUT2D eigenvalue weighted by atomic mass is 32.2. The fourth-order valence-electron chi connectivity index (χ4n) is 2.33. The van der Waals surface area contributed by atoms with Crippen LogP contribution in [-0.4, -0.2) is 63.0 Å². The van der Waals surface area contributed by atoms with Crippen molar-refractivity contribution in [2.45, 2.75) is 32.4 Å². The Kier molecular flexibility index (Phi) is 6.89. The summed E-state index contributed by atoms with van der Waals surface area (Å²) in [7, 11) is -2.18. The van der Waals surface area contributed by atoms with Crippen LogP contribution in [-0.2, 0) is 10.2 Å². The van der Waals surface area contributed by atoms with Crippen LogP contribution in [0.15, 0.2) is 0 Å². The van der Waals surface area contributed by atoms with Crippen molar-refractivity contribution < 1.29 is 21.6 Å². The van der Waals surface area contributed by atoms with Crippen LogP contribution < -0.4 is 5.32 Å². The molecular formula is C12H24F3N3O2S. The Morgan fingerprint density at radius 1 is 1.29 bits per heavy atom. The van der Waals surface area contributed by atoms with Gasteiger partial charge in [0, 0.05) is 26.7 Å². The molecule has 1 rings (SSSR count). The molecule has 5 nitrogen and oxygen atoms in total. The standard InChI is InChI=1S/C12H24F3N3O2S/c1-3-16-7-4-8-17(2)21(19,20)18-9-5-11(6-10-18)12(13,14)15/h11,16H,3-10H2,1-2H3. The largest absolute Gasteiger partial charge is 0.391 e. The Bertz CT molecular complexity index is 406. The van der Waals surface area contributed by atoms with Crippen LogP contribution in [0.2, 0.25) is 0 Å². The molecule has 0 radical (unpaired) electrons. The molecule has 21 heavy (non-hydrogen) atoms. The second-order valence-electron chi connectivity index (χ2n) is 5.25. The third-order valence-corrected chi connectivity index (χ3v) is 5.70. The van der Waals surface area contributed by atoms with Crippen LogP contribution in [0, 0.1) is 5.92 Å². The number of nitrogens with zero attached hydrogens (tertiary/aromatic N) is 2. The zero-order valence-corrected chi connectivity index (χ0v) is 13.3. The summed E-state index contributed by atoms with van der Waals surface area (Å²) >= 11 is 0. The molecule has 0 bridgehead atoms. The molecule has 0 amide bonds. The monoisotopic (exact) mass is 331 g/mol. The van der Waals surface area contributed by atoms with Gasteiger partial charge in [0.1, 0.15) is 0 Å². The summed E-state index contributed by atoms with van der Waals surface area (Å²) in [4.78, 5) is 0. The minimum absolute atomic E-state index is 0.0654. The number of halogens is 3. The Morgan fingerprint density at radius 2 is 1.86 bits per heavy atom. The molecule has 1 fully saturated rings. The van der Waals surface area contributed by atoms with Crippen molar-refractivity contribution in [1.82, 2.24) is 13.9 Å². The van der Waals surface area contributed by atoms with Crippen LogP contribution in [0.5, 0.6) is 0 Å². The van der Waals surface area contributed by atoms with Gasteiger partial charge in [-0.2, -0.15) is 30.2 Å². The first kappa shape index (κ1) is 18.7. The highest BCUT2D eigenvalue weighted by Gasteiger charge is 2.43. The van der Waals surface area contributed by atoms with Crippen LogP contribution in [0.4, 0.5) is 13.2 Å². The van der Waals surface area contributed by atoms with Crippen molar-refractivity contribution in [3.8, 4) is 0 Å². The van der Waals surface area contributed by atoms with E-state index < -0.39 is 22.3 Å². The van der Waals surface area contributed by atoms with Gasteiger partial charge >= 0.3 is 6.18 Å². The lowest BCUT2D eigenvalue weighted by Gasteiger charge is -2.34. The van der Waals surface area contributed by atoms with E-state index in [9.17, 15) is 21.6 Å². The lowest BCUT2D eigenvalue weighted by Crippen LogP contribution is -2.47. The van der Waals surface area contributed by atoms with Gasteiger partial charge in [0.15, 0.2) is 0 Å². The number of nitrogens with one attached hydrogen (secondary N) is 1. The quantitative estimate of drug-likeness (QED) is 0.718. The summed E-state index contributed by atoms with van der Waals surface area (Å²) in [6, 6.07) is 0. The normalized spacial score (nSPS) is 19.3. The van der Waals surface area contributed by atoms with Crippen LogP contribution in [0.1, 0.15) is 26.2 Å². The van der Waals surface area contributed by atoms with E-state index in [0.717, 1.165) is 10.8 Å². The van der Waals surface area contributed by atoms with Gasteiger partial charge in [-0.05, 0) is 32.4 Å². The first-order valence-electron chi connectivity index (χ1n) is 7.18. The average Bonchev–Trinajstić information content (AvgIpc) is 2.42.